The predicted octanol–water partition coefficient (Wildman–Crippen LogP) is 2.90. The third kappa shape index (κ3) is 2.38. The highest BCUT2D eigenvalue weighted by atomic mass is 35.5. The Hall–Kier alpha value is 0.640. The highest BCUT2D eigenvalue weighted by Crippen LogP contribution is 2.29. The Morgan fingerprint density at radius 1 is 1.44 bits per heavy atom. The van der Waals surface area contributed by atoms with Crippen molar-refractivity contribution in [3.63, 3.8) is 0 Å². The van der Waals surface area contributed by atoms with Crippen LogP contribution in [-0.4, -0.2) is 16.9 Å². The molecule has 2 unspecified atom stereocenters. The van der Waals surface area contributed by atoms with E-state index in [9.17, 15) is 0 Å². The molecule has 0 spiro atoms. The van der Waals surface area contributed by atoms with Gasteiger partial charge in [-0.05, 0) is 25.5 Å². The van der Waals surface area contributed by atoms with E-state index in [2.05, 4.69) is 6.26 Å². The number of rotatable bonds is 1. The second kappa shape index (κ2) is 3.72. The van der Waals surface area contributed by atoms with Crippen LogP contribution in [0.4, 0.5) is 0 Å². The molecule has 0 nitrogen and oxygen atoms in total. The lowest BCUT2D eigenvalue weighted by atomic mass is 10.00. The summed E-state index contributed by atoms with van der Waals surface area (Å²) >= 11 is 7.94. The third-order valence-corrected chi connectivity index (χ3v) is 3.39. The van der Waals surface area contributed by atoms with Crippen molar-refractivity contribution in [3.05, 3.63) is 0 Å². The van der Waals surface area contributed by atoms with Crippen LogP contribution in [-0.2, 0) is 0 Å². The fraction of sp³-hybridized carbons (Fsp3) is 1.00. The summed E-state index contributed by atoms with van der Waals surface area (Å²) in [6.45, 7) is 0. The van der Waals surface area contributed by atoms with Crippen LogP contribution in [0.2, 0.25) is 0 Å². The van der Waals surface area contributed by atoms with Gasteiger partial charge in [-0.3, -0.25) is 0 Å². The van der Waals surface area contributed by atoms with Crippen molar-refractivity contribution < 1.29 is 0 Å². The molecule has 1 fully saturated rings. The first kappa shape index (κ1) is 7.74. The number of alkyl halides is 1. The van der Waals surface area contributed by atoms with E-state index in [1.54, 1.807) is 0 Å². The molecule has 1 saturated carbocycles. The Labute approximate surface area is 66.3 Å². The molecule has 0 radical (unpaired) electrons. The maximum absolute atomic E-state index is 5.98. The number of thioether (sulfide) groups is 1. The van der Waals surface area contributed by atoms with Crippen LogP contribution < -0.4 is 0 Å². The van der Waals surface area contributed by atoms with E-state index < -0.39 is 0 Å². The van der Waals surface area contributed by atoms with Crippen LogP contribution in [0.3, 0.4) is 0 Å². The quantitative estimate of drug-likeness (QED) is 0.538. The summed E-state index contributed by atoms with van der Waals surface area (Å²) in [6.07, 6.45) is 7.35. The van der Waals surface area contributed by atoms with Crippen molar-refractivity contribution >= 4 is 23.4 Å². The van der Waals surface area contributed by atoms with Crippen LogP contribution in [0.1, 0.15) is 25.7 Å². The fourth-order valence-corrected chi connectivity index (χ4v) is 2.60. The molecule has 0 aliphatic heterocycles. The molecule has 9 heavy (non-hydrogen) atoms. The van der Waals surface area contributed by atoms with Gasteiger partial charge in [-0.15, -0.1) is 11.6 Å². The van der Waals surface area contributed by atoms with Crippen molar-refractivity contribution in [1.29, 1.82) is 0 Å². The van der Waals surface area contributed by atoms with Crippen LogP contribution in [0.5, 0.6) is 0 Å². The van der Waals surface area contributed by atoms with Gasteiger partial charge in [-0.2, -0.15) is 11.8 Å². The Balaban J connectivity index is 2.23. The summed E-state index contributed by atoms with van der Waals surface area (Å²) in [5, 5.41) is 1.32. The second-order valence-corrected chi connectivity index (χ2v) is 4.38. The van der Waals surface area contributed by atoms with E-state index in [4.69, 9.17) is 11.6 Å². The van der Waals surface area contributed by atoms with Gasteiger partial charge in [0.15, 0.2) is 0 Å². The van der Waals surface area contributed by atoms with Crippen LogP contribution in [0.25, 0.3) is 0 Å². The first-order valence-electron chi connectivity index (χ1n) is 3.50. The van der Waals surface area contributed by atoms with Gasteiger partial charge < -0.3 is 0 Å². The zero-order valence-electron chi connectivity index (χ0n) is 5.77. The number of hydrogen-bond acceptors (Lipinski definition) is 1. The number of halogens is 1. The molecular weight excluding hydrogens is 152 g/mol. The molecule has 1 aliphatic rings. The molecular formula is C7H13ClS. The van der Waals surface area contributed by atoms with E-state index in [1.165, 1.54) is 25.7 Å². The molecule has 2 atom stereocenters. The molecule has 0 heterocycles. The standard InChI is InChI=1S/C7H13ClS/c1-9-7-4-2-3-6(8)5-7/h6-7H,2-5H2,1H3. The van der Waals surface area contributed by atoms with Gasteiger partial charge in [0.05, 0.1) is 0 Å². The topological polar surface area (TPSA) is 0 Å². The van der Waals surface area contributed by atoms with Crippen molar-refractivity contribution in [1.82, 2.24) is 0 Å². The minimum Gasteiger partial charge on any atom is -0.162 e. The molecule has 54 valence electrons. The molecule has 0 bridgehead atoms. The smallest absolute Gasteiger partial charge is 0.0346 e. The van der Waals surface area contributed by atoms with E-state index in [1.807, 2.05) is 11.8 Å². The van der Waals surface area contributed by atoms with Crippen molar-refractivity contribution in [3.8, 4) is 0 Å². The van der Waals surface area contributed by atoms with Crippen LogP contribution >= 0.6 is 23.4 Å². The van der Waals surface area contributed by atoms with Gasteiger partial charge in [-0.1, -0.05) is 6.42 Å². The molecule has 0 amide bonds. The minimum absolute atomic E-state index is 0.469. The lowest BCUT2D eigenvalue weighted by molar-refractivity contribution is 0.523. The molecule has 1 rings (SSSR count). The molecule has 0 aromatic rings. The fourth-order valence-electron chi connectivity index (χ4n) is 1.30. The summed E-state index contributed by atoms with van der Waals surface area (Å²) in [6, 6.07) is 0. The zero-order valence-corrected chi connectivity index (χ0v) is 7.34. The van der Waals surface area contributed by atoms with E-state index >= 15 is 0 Å². The van der Waals surface area contributed by atoms with Crippen LogP contribution in [0, 0.1) is 0 Å². The lowest BCUT2D eigenvalue weighted by Gasteiger charge is -2.23. The highest BCUT2D eigenvalue weighted by Gasteiger charge is 2.18. The summed E-state index contributed by atoms with van der Waals surface area (Å²) in [7, 11) is 0. The molecule has 0 aromatic carbocycles. The average molecular weight is 165 g/mol. The maximum atomic E-state index is 5.98. The predicted molar refractivity (Wildman–Crippen MR) is 45.4 cm³/mol. The van der Waals surface area contributed by atoms with Crippen molar-refractivity contribution in [2.45, 2.75) is 36.3 Å². The van der Waals surface area contributed by atoms with Crippen LogP contribution in [0.15, 0.2) is 0 Å². The Kier molecular flexibility index (Phi) is 3.20. The monoisotopic (exact) mass is 164 g/mol. The van der Waals surface area contributed by atoms with Gasteiger partial charge in [0.2, 0.25) is 0 Å². The lowest BCUT2D eigenvalue weighted by Crippen LogP contribution is -2.16. The summed E-state index contributed by atoms with van der Waals surface area (Å²) in [5.41, 5.74) is 0. The van der Waals surface area contributed by atoms with Gasteiger partial charge in [0.1, 0.15) is 0 Å². The normalized spacial score (nSPS) is 36.7. The average Bonchev–Trinajstić information content (AvgIpc) is 1.88. The second-order valence-electron chi connectivity index (χ2n) is 2.62. The number of hydrogen-bond donors (Lipinski definition) is 0. The molecule has 1 aliphatic carbocycles. The van der Waals surface area contributed by atoms with E-state index in [0.717, 1.165) is 5.25 Å². The molecule has 0 aromatic heterocycles. The SMILES string of the molecule is CSC1CCCC(Cl)C1. The van der Waals surface area contributed by atoms with Crippen molar-refractivity contribution in [2.24, 2.45) is 0 Å². The Morgan fingerprint density at radius 3 is 2.67 bits per heavy atom. The molecule has 2 heteroatoms. The molecule has 0 N–H and O–H groups in total. The van der Waals surface area contributed by atoms with E-state index in [0.29, 0.717) is 5.38 Å². The minimum atomic E-state index is 0.469. The molecule has 0 saturated heterocycles. The maximum Gasteiger partial charge on any atom is 0.0346 e. The Bertz CT molecular complexity index is 85.0. The van der Waals surface area contributed by atoms with Gasteiger partial charge in [0.25, 0.3) is 0 Å². The summed E-state index contributed by atoms with van der Waals surface area (Å²) < 4.78 is 0. The summed E-state index contributed by atoms with van der Waals surface area (Å²) in [5.74, 6) is 0. The largest absolute Gasteiger partial charge is 0.162 e. The summed E-state index contributed by atoms with van der Waals surface area (Å²) in [4.78, 5) is 0. The van der Waals surface area contributed by atoms with E-state index in [-0.39, 0.29) is 0 Å². The van der Waals surface area contributed by atoms with Gasteiger partial charge >= 0.3 is 0 Å². The highest BCUT2D eigenvalue weighted by molar-refractivity contribution is 7.99. The zero-order chi connectivity index (χ0) is 6.69. The Morgan fingerprint density at radius 2 is 2.22 bits per heavy atom. The van der Waals surface area contributed by atoms with Crippen molar-refractivity contribution in [2.75, 3.05) is 6.26 Å². The first-order chi connectivity index (χ1) is 4.33. The first-order valence-corrected chi connectivity index (χ1v) is 5.22. The van der Waals surface area contributed by atoms with Gasteiger partial charge in [-0.25, -0.2) is 0 Å². The van der Waals surface area contributed by atoms with Gasteiger partial charge in [0, 0.05) is 10.6 Å². The third-order valence-electron chi connectivity index (χ3n) is 1.90.